The maximum absolute atomic E-state index is 8.98. The summed E-state index contributed by atoms with van der Waals surface area (Å²) >= 11 is 2.96. The van der Waals surface area contributed by atoms with Crippen molar-refractivity contribution in [3.8, 4) is 6.07 Å². The largest absolute Gasteiger partial charge is 0.382 e. The van der Waals surface area contributed by atoms with Gasteiger partial charge in [0.25, 0.3) is 0 Å². The minimum absolute atomic E-state index is 0.320. The number of nitrogens with zero attached hydrogens (tertiary/aromatic N) is 3. The average molecular weight is 250 g/mol. The molecule has 0 aliphatic heterocycles. The summed E-state index contributed by atoms with van der Waals surface area (Å²) in [4.78, 5) is 3.25. The Kier molecular flexibility index (Phi) is 3.08. The molecule has 0 aromatic carbocycles. The first-order valence-electron chi connectivity index (χ1n) is 4.61. The van der Waals surface area contributed by atoms with Crippen molar-refractivity contribution in [3.05, 3.63) is 28.0 Å². The van der Waals surface area contributed by atoms with Crippen molar-refractivity contribution in [2.45, 2.75) is 6.54 Å². The number of nitrogens with two attached hydrogens (primary N) is 1. The molecule has 0 aliphatic carbocycles. The Labute approximate surface area is 102 Å². The van der Waals surface area contributed by atoms with Crippen molar-refractivity contribution in [1.29, 1.82) is 5.26 Å². The van der Waals surface area contributed by atoms with Gasteiger partial charge in [-0.1, -0.05) is 6.07 Å². The van der Waals surface area contributed by atoms with Gasteiger partial charge in [0.2, 0.25) is 0 Å². The monoisotopic (exact) mass is 250 g/mol. The molecule has 2 aromatic heterocycles. The van der Waals surface area contributed by atoms with Gasteiger partial charge in [0.05, 0.1) is 6.54 Å². The standard InChI is InChI=1S/C10H10N4S2/c1-14(6-7-3-2-4-15-7)10-8(5-11)9(12)13-16-10/h2-4H,6H2,1H3,(H2,12,13). The van der Waals surface area contributed by atoms with Gasteiger partial charge in [-0.15, -0.1) is 11.3 Å². The molecule has 0 fully saturated rings. The van der Waals surface area contributed by atoms with Crippen LogP contribution in [0.15, 0.2) is 17.5 Å². The quantitative estimate of drug-likeness (QED) is 0.907. The van der Waals surface area contributed by atoms with Crippen LogP contribution in [0.1, 0.15) is 10.4 Å². The third-order valence-corrected chi connectivity index (χ3v) is 3.97. The van der Waals surface area contributed by atoms with E-state index in [0.717, 1.165) is 11.5 Å². The molecule has 0 amide bonds. The number of rotatable bonds is 3. The molecule has 0 atom stereocenters. The Morgan fingerprint density at radius 3 is 3.06 bits per heavy atom. The van der Waals surface area contributed by atoms with E-state index in [9.17, 15) is 0 Å². The number of hydrogen-bond donors (Lipinski definition) is 1. The van der Waals surface area contributed by atoms with E-state index in [1.165, 1.54) is 16.4 Å². The molecule has 0 radical (unpaired) electrons. The summed E-state index contributed by atoms with van der Waals surface area (Å²) in [6, 6.07) is 6.17. The van der Waals surface area contributed by atoms with E-state index in [1.54, 1.807) is 11.3 Å². The first-order valence-corrected chi connectivity index (χ1v) is 6.26. The Morgan fingerprint density at radius 2 is 2.44 bits per heavy atom. The summed E-state index contributed by atoms with van der Waals surface area (Å²) in [6.45, 7) is 0.772. The van der Waals surface area contributed by atoms with Crippen molar-refractivity contribution in [3.63, 3.8) is 0 Å². The minimum Gasteiger partial charge on any atom is -0.382 e. The maximum atomic E-state index is 8.98. The normalized spacial score (nSPS) is 10.0. The van der Waals surface area contributed by atoms with Crippen molar-refractivity contribution >= 4 is 33.7 Å². The Hall–Kier alpha value is -1.58. The van der Waals surface area contributed by atoms with Gasteiger partial charge in [-0.05, 0) is 23.0 Å². The molecule has 0 aliphatic rings. The number of hydrogen-bond acceptors (Lipinski definition) is 6. The van der Waals surface area contributed by atoms with E-state index in [4.69, 9.17) is 11.0 Å². The number of thiophene rings is 1. The number of nitriles is 1. The zero-order valence-electron chi connectivity index (χ0n) is 8.67. The molecule has 2 rings (SSSR count). The molecule has 0 spiro atoms. The molecule has 4 nitrogen and oxygen atoms in total. The highest BCUT2D eigenvalue weighted by atomic mass is 32.1. The van der Waals surface area contributed by atoms with Crippen LogP contribution in [0, 0.1) is 11.3 Å². The van der Waals surface area contributed by atoms with Gasteiger partial charge < -0.3 is 10.6 Å². The van der Waals surface area contributed by atoms with E-state index in [-0.39, 0.29) is 0 Å². The molecule has 6 heteroatoms. The third-order valence-electron chi connectivity index (χ3n) is 2.13. The summed E-state index contributed by atoms with van der Waals surface area (Å²) in [5, 5.41) is 11.8. The van der Waals surface area contributed by atoms with Gasteiger partial charge in [-0.3, -0.25) is 0 Å². The second-order valence-electron chi connectivity index (χ2n) is 3.30. The van der Waals surface area contributed by atoms with E-state index in [0.29, 0.717) is 11.4 Å². The highest BCUT2D eigenvalue weighted by molar-refractivity contribution is 7.11. The van der Waals surface area contributed by atoms with Crippen molar-refractivity contribution in [1.82, 2.24) is 4.37 Å². The van der Waals surface area contributed by atoms with Crippen molar-refractivity contribution in [2.75, 3.05) is 17.7 Å². The first kappa shape index (κ1) is 10.9. The molecular formula is C10H10N4S2. The highest BCUT2D eigenvalue weighted by Crippen LogP contribution is 2.30. The molecule has 2 aromatic rings. The van der Waals surface area contributed by atoms with E-state index < -0.39 is 0 Å². The Balaban J connectivity index is 2.21. The fraction of sp³-hybridized carbons (Fsp3) is 0.200. The molecule has 0 saturated heterocycles. The smallest absolute Gasteiger partial charge is 0.157 e. The topological polar surface area (TPSA) is 65.9 Å². The Bertz CT molecular complexity index is 509. The van der Waals surface area contributed by atoms with Gasteiger partial charge in [0.15, 0.2) is 5.82 Å². The second-order valence-corrected chi connectivity index (χ2v) is 5.08. The highest BCUT2D eigenvalue weighted by Gasteiger charge is 2.15. The van der Waals surface area contributed by atoms with Crippen LogP contribution in [0.2, 0.25) is 0 Å². The lowest BCUT2D eigenvalue weighted by Crippen LogP contribution is -2.15. The molecular weight excluding hydrogens is 240 g/mol. The SMILES string of the molecule is CN(Cc1cccs1)c1snc(N)c1C#N. The summed E-state index contributed by atoms with van der Waals surface area (Å²) in [6.07, 6.45) is 0. The number of nitrogen functional groups attached to an aromatic ring is 1. The second kappa shape index (κ2) is 4.51. The van der Waals surface area contributed by atoms with Gasteiger partial charge in [0.1, 0.15) is 16.6 Å². The van der Waals surface area contributed by atoms with Crippen LogP contribution >= 0.6 is 22.9 Å². The summed E-state index contributed by atoms with van der Waals surface area (Å²) in [5.41, 5.74) is 6.09. The minimum atomic E-state index is 0.320. The predicted molar refractivity (Wildman–Crippen MR) is 67.7 cm³/mol. The van der Waals surface area contributed by atoms with Crippen molar-refractivity contribution < 1.29 is 0 Å². The molecule has 16 heavy (non-hydrogen) atoms. The zero-order chi connectivity index (χ0) is 11.5. The van der Waals surface area contributed by atoms with Gasteiger partial charge in [-0.2, -0.15) is 9.64 Å². The van der Waals surface area contributed by atoms with Crippen LogP contribution in [0.4, 0.5) is 10.8 Å². The lowest BCUT2D eigenvalue weighted by atomic mass is 10.3. The van der Waals surface area contributed by atoms with Crippen LogP contribution in [-0.4, -0.2) is 11.4 Å². The molecule has 82 valence electrons. The molecule has 0 bridgehead atoms. The Morgan fingerprint density at radius 1 is 1.62 bits per heavy atom. The molecule has 2 heterocycles. The lowest BCUT2D eigenvalue weighted by molar-refractivity contribution is 0.951. The third kappa shape index (κ3) is 2.01. The summed E-state index contributed by atoms with van der Waals surface area (Å²) in [5.74, 6) is 0.320. The van der Waals surface area contributed by atoms with Crippen LogP contribution in [0.5, 0.6) is 0 Å². The van der Waals surface area contributed by atoms with E-state index in [1.807, 2.05) is 23.4 Å². The summed E-state index contributed by atoms with van der Waals surface area (Å²) < 4.78 is 4.00. The van der Waals surface area contributed by atoms with Gasteiger partial charge in [-0.25, -0.2) is 0 Å². The predicted octanol–water partition coefficient (Wildman–Crippen LogP) is 2.29. The molecule has 2 N–H and O–H groups in total. The van der Waals surface area contributed by atoms with Crippen molar-refractivity contribution in [2.24, 2.45) is 0 Å². The summed E-state index contributed by atoms with van der Waals surface area (Å²) in [7, 11) is 1.94. The van der Waals surface area contributed by atoms with E-state index >= 15 is 0 Å². The van der Waals surface area contributed by atoms with Gasteiger partial charge in [0, 0.05) is 11.9 Å². The average Bonchev–Trinajstić information content (AvgIpc) is 2.87. The number of aromatic nitrogens is 1. The molecule has 0 unspecified atom stereocenters. The van der Waals surface area contributed by atoms with Gasteiger partial charge >= 0.3 is 0 Å². The number of anilines is 2. The maximum Gasteiger partial charge on any atom is 0.157 e. The van der Waals surface area contributed by atoms with Crippen LogP contribution < -0.4 is 10.6 Å². The first-order chi connectivity index (χ1) is 7.72. The van der Waals surface area contributed by atoms with Crippen LogP contribution in [0.25, 0.3) is 0 Å². The fourth-order valence-electron chi connectivity index (χ4n) is 1.37. The lowest BCUT2D eigenvalue weighted by Gasteiger charge is -2.15. The fourth-order valence-corrected chi connectivity index (χ4v) is 2.85. The zero-order valence-corrected chi connectivity index (χ0v) is 10.3. The van der Waals surface area contributed by atoms with E-state index in [2.05, 4.69) is 16.5 Å². The van der Waals surface area contributed by atoms with Crippen LogP contribution in [0.3, 0.4) is 0 Å². The molecule has 0 saturated carbocycles. The van der Waals surface area contributed by atoms with Crippen LogP contribution in [-0.2, 0) is 6.54 Å².